The lowest BCUT2D eigenvalue weighted by Gasteiger charge is -2.32. The Morgan fingerprint density at radius 2 is 2.17 bits per heavy atom. The normalized spacial score (nSPS) is 19.7. The standard InChI is InChI=1S/C14H21N3O/c1-11-6-3-4-8-13(11)16-14(18)17-9-5-7-12(10-17)15-2/h3-4,6,8,12,15H,5,7,9-10H2,1-2H3,(H,16,18)/t12-/m0/s1. The Morgan fingerprint density at radius 3 is 2.89 bits per heavy atom. The molecule has 1 saturated heterocycles. The highest BCUT2D eigenvalue weighted by Gasteiger charge is 2.22. The summed E-state index contributed by atoms with van der Waals surface area (Å²) in [5.41, 5.74) is 1.99. The van der Waals surface area contributed by atoms with Gasteiger partial charge in [-0.15, -0.1) is 0 Å². The van der Waals surface area contributed by atoms with E-state index in [9.17, 15) is 4.79 Å². The van der Waals surface area contributed by atoms with Gasteiger partial charge in [-0.2, -0.15) is 0 Å². The molecule has 0 saturated carbocycles. The van der Waals surface area contributed by atoms with Gasteiger partial charge in [0, 0.05) is 24.8 Å². The molecule has 1 aromatic carbocycles. The van der Waals surface area contributed by atoms with Crippen molar-refractivity contribution in [2.45, 2.75) is 25.8 Å². The van der Waals surface area contributed by atoms with Crippen molar-refractivity contribution in [2.75, 3.05) is 25.5 Å². The third-order valence-corrected chi connectivity index (χ3v) is 3.50. The fourth-order valence-electron chi connectivity index (χ4n) is 2.30. The molecule has 4 heteroatoms. The first-order chi connectivity index (χ1) is 8.70. The zero-order valence-electron chi connectivity index (χ0n) is 11.1. The van der Waals surface area contributed by atoms with E-state index in [4.69, 9.17) is 0 Å². The fourth-order valence-corrected chi connectivity index (χ4v) is 2.30. The number of benzene rings is 1. The lowest BCUT2D eigenvalue weighted by Crippen LogP contribution is -2.48. The molecule has 2 N–H and O–H groups in total. The molecular formula is C14H21N3O. The minimum absolute atomic E-state index is 0.00394. The highest BCUT2D eigenvalue weighted by atomic mass is 16.2. The van der Waals surface area contributed by atoms with E-state index < -0.39 is 0 Å². The molecule has 4 nitrogen and oxygen atoms in total. The summed E-state index contributed by atoms with van der Waals surface area (Å²) in [5.74, 6) is 0. The molecule has 1 aromatic rings. The Bertz CT molecular complexity index is 419. The number of likely N-dealkylation sites (N-methyl/N-ethyl adjacent to an activating group) is 1. The summed E-state index contributed by atoms with van der Waals surface area (Å²) in [5, 5.41) is 6.23. The molecule has 0 bridgehead atoms. The number of para-hydroxylation sites is 1. The largest absolute Gasteiger partial charge is 0.323 e. The maximum absolute atomic E-state index is 12.2. The average Bonchev–Trinajstić information content (AvgIpc) is 2.41. The van der Waals surface area contributed by atoms with Crippen molar-refractivity contribution in [2.24, 2.45) is 0 Å². The van der Waals surface area contributed by atoms with Crippen LogP contribution in [0.1, 0.15) is 18.4 Å². The van der Waals surface area contributed by atoms with Gasteiger partial charge in [-0.1, -0.05) is 18.2 Å². The van der Waals surface area contributed by atoms with Gasteiger partial charge in [0.2, 0.25) is 0 Å². The average molecular weight is 247 g/mol. The number of hydrogen-bond donors (Lipinski definition) is 2. The summed E-state index contributed by atoms with van der Waals surface area (Å²) in [6.45, 7) is 3.63. The van der Waals surface area contributed by atoms with E-state index in [2.05, 4.69) is 10.6 Å². The van der Waals surface area contributed by atoms with Gasteiger partial charge >= 0.3 is 6.03 Å². The predicted molar refractivity (Wildman–Crippen MR) is 73.9 cm³/mol. The van der Waals surface area contributed by atoms with Gasteiger partial charge in [0.15, 0.2) is 0 Å². The van der Waals surface area contributed by atoms with Crippen molar-refractivity contribution in [3.8, 4) is 0 Å². The molecule has 18 heavy (non-hydrogen) atoms. The molecule has 1 fully saturated rings. The van der Waals surface area contributed by atoms with Crippen molar-refractivity contribution in [1.29, 1.82) is 0 Å². The van der Waals surface area contributed by atoms with E-state index >= 15 is 0 Å². The predicted octanol–water partition coefficient (Wildman–Crippen LogP) is 2.21. The monoisotopic (exact) mass is 247 g/mol. The van der Waals surface area contributed by atoms with E-state index in [0.717, 1.165) is 37.2 Å². The van der Waals surface area contributed by atoms with Crippen LogP contribution in [0.5, 0.6) is 0 Å². The second kappa shape index (κ2) is 5.87. The minimum Gasteiger partial charge on any atom is -0.323 e. The van der Waals surface area contributed by atoms with Crippen LogP contribution >= 0.6 is 0 Å². The zero-order chi connectivity index (χ0) is 13.0. The van der Waals surface area contributed by atoms with Crippen LogP contribution in [0.25, 0.3) is 0 Å². The lowest BCUT2D eigenvalue weighted by atomic mass is 10.1. The smallest absolute Gasteiger partial charge is 0.321 e. The number of nitrogens with zero attached hydrogens (tertiary/aromatic N) is 1. The van der Waals surface area contributed by atoms with Crippen molar-refractivity contribution < 1.29 is 4.79 Å². The van der Waals surface area contributed by atoms with Gasteiger partial charge in [0.25, 0.3) is 0 Å². The number of carbonyl (C=O) groups excluding carboxylic acids is 1. The van der Waals surface area contributed by atoms with Crippen LogP contribution < -0.4 is 10.6 Å². The maximum Gasteiger partial charge on any atom is 0.321 e. The van der Waals surface area contributed by atoms with Gasteiger partial charge in [0.05, 0.1) is 0 Å². The second-order valence-electron chi connectivity index (χ2n) is 4.82. The molecule has 98 valence electrons. The topological polar surface area (TPSA) is 44.4 Å². The van der Waals surface area contributed by atoms with Gasteiger partial charge in [-0.25, -0.2) is 4.79 Å². The van der Waals surface area contributed by atoms with E-state index in [0.29, 0.717) is 6.04 Å². The summed E-state index contributed by atoms with van der Waals surface area (Å²) in [6.07, 6.45) is 2.21. The Hall–Kier alpha value is -1.55. The Morgan fingerprint density at radius 1 is 1.39 bits per heavy atom. The Kier molecular flexibility index (Phi) is 4.20. The van der Waals surface area contributed by atoms with Crippen molar-refractivity contribution in [3.05, 3.63) is 29.8 Å². The van der Waals surface area contributed by atoms with E-state index in [1.807, 2.05) is 43.1 Å². The molecule has 1 aliphatic heterocycles. The summed E-state index contributed by atoms with van der Waals surface area (Å²) >= 11 is 0. The number of piperidine rings is 1. The number of urea groups is 1. The van der Waals surface area contributed by atoms with E-state index in [1.54, 1.807) is 0 Å². The molecule has 1 heterocycles. The number of anilines is 1. The summed E-state index contributed by atoms with van der Waals surface area (Å²) < 4.78 is 0. The molecule has 0 spiro atoms. The molecule has 0 radical (unpaired) electrons. The maximum atomic E-state index is 12.2. The van der Waals surface area contributed by atoms with E-state index in [-0.39, 0.29) is 6.03 Å². The molecule has 1 aliphatic rings. The van der Waals surface area contributed by atoms with Crippen molar-refractivity contribution in [3.63, 3.8) is 0 Å². The quantitative estimate of drug-likeness (QED) is 0.841. The number of rotatable bonds is 2. The summed E-state index contributed by atoms with van der Waals surface area (Å²) in [7, 11) is 1.95. The number of hydrogen-bond acceptors (Lipinski definition) is 2. The van der Waals surface area contributed by atoms with Crippen LogP contribution in [0.2, 0.25) is 0 Å². The highest BCUT2D eigenvalue weighted by molar-refractivity contribution is 5.90. The van der Waals surface area contributed by atoms with Crippen LogP contribution in [0.3, 0.4) is 0 Å². The number of amides is 2. The molecule has 1 atom stereocenters. The first kappa shape index (κ1) is 12.9. The first-order valence-electron chi connectivity index (χ1n) is 6.49. The van der Waals surface area contributed by atoms with Crippen LogP contribution in [0, 0.1) is 6.92 Å². The molecule has 0 aromatic heterocycles. The molecular weight excluding hydrogens is 226 g/mol. The third-order valence-electron chi connectivity index (χ3n) is 3.50. The first-order valence-corrected chi connectivity index (χ1v) is 6.49. The van der Waals surface area contributed by atoms with Crippen LogP contribution in [-0.2, 0) is 0 Å². The number of carbonyl (C=O) groups is 1. The fraction of sp³-hybridized carbons (Fsp3) is 0.500. The Balaban J connectivity index is 1.97. The minimum atomic E-state index is 0.00394. The van der Waals surface area contributed by atoms with Gasteiger partial charge in [-0.05, 0) is 38.4 Å². The van der Waals surface area contributed by atoms with Crippen LogP contribution in [0.15, 0.2) is 24.3 Å². The highest BCUT2D eigenvalue weighted by Crippen LogP contribution is 2.16. The van der Waals surface area contributed by atoms with Crippen molar-refractivity contribution >= 4 is 11.7 Å². The van der Waals surface area contributed by atoms with Gasteiger partial charge in [-0.3, -0.25) is 0 Å². The van der Waals surface area contributed by atoms with Gasteiger partial charge in [0.1, 0.15) is 0 Å². The molecule has 0 aliphatic carbocycles. The zero-order valence-corrected chi connectivity index (χ0v) is 11.1. The summed E-state index contributed by atoms with van der Waals surface area (Å²) in [4.78, 5) is 14.1. The number of nitrogens with one attached hydrogen (secondary N) is 2. The molecule has 2 amide bonds. The van der Waals surface area contributed by atoms with Gasteiger partial charge < -0.3 is 15.5 Å². The van der Waals surface area contributed by atoms with Crippen molar-refractivity contribution in [1.82, 2.24) is 10.2 Å². The van der Waals surface area contributed by atoms with E-state index in [1.165, 1.54) is 0 Å². The van der Waals surface area contributed by atoms with Crippen LogP contribution in [0.4, 0.5) is 10.5 Å². The van der Waals surface area contributed by atoms with Crippen LogP contribution in [-0.4, -0.2) is 37.1 Å². The Labute approximate surface area is 108 Å². The molecule has 2 rings (SSSR count). The lowest BCUT2D eigenvalue weighted by molar-refractivity contribution is 0.187. The third kappa shape index (κ3) is 3.01. The second-order valence-corrected chi connectivity index (χ2v) is 4.82. The summed E-state index contributed by atoms with van der Waals surface area (Å²) in [6, 6.07) is 8.28. The number of aryl methyl sites for hydroxylation is 1. The SMILES string of the molecule is CN[C@H]1CCCN(C(=O)Nc2ccccc2C)C1. The number of likely N-dealkylation sites (tertiary alicyclic amines) is 1. The molecule has 0 unspecified atom stereocenters.